The molecule has 6 nitrogen and oxygen atoms in total. The predicted molar refractivity (Wildman–Crippen MR) is 75.4 cm³/mol. The van der Waals surface area contributed by atoms with Gasteiger partial charge in [-0.3, -0.25) is 4.79 Å². The number of carbonyl (C=O) groups excluding carboxylic acids is 1. The van der Waals surface area contributed by atoms with Crippen LogP contribution in [0.15, 0.2) is 18.2 Å². The summed E-state index contributed by atoms with van der Waals surface area (Å²) in [6, 6.07) is 5.33. The highest BCUT2D eigenvalue weighted by molar-refractivity contribution is 5.80. The molecule has 4 N–H and O–H groups in total. The smallest absolute Gasteiger partial charge is 0.239 e. The van der Waals surface area contributed by atoms with Crippen molar-refractivity contribution in [1.82, 2.24) is 5.32 Å². The largest absolute Gasteiger partial charge is 0.492 e. The van der Waals surface area contributed by atoms with Crippen LogP contribution in [-0.2, 0) is 9.53 Å². The number of nitrogens with two attached hydrogens (primary N) is 1. The standard InChI is InChI=1S/C13H21N3O3/c1-3-19-12-8-10(4-5-11(12)14)16-9-13(17)15-6-7-18-2/h4-5,8,16H,3,6-7,9,14H2,1-2H3,(H,15,17). The highest BCUT2D eigenvalue weighted by Gasteiger charge is 2.04. The van der Waals surface area contributed by atoms with Gasteiger partial charge in [-0.1, -0.05) is 0 Å². The molecule has 19 heavy (non-hydrogen) atoms. The monoisotopic (exact) mass is 267 g/mol. The van der Waals surface area contributed by atoms with E-state index in [4.69, 9.17) is 15.2 Å². The van der Waals surface area contributed by atoms with Crippen LogP contribution in [0.25, 0.3) is 0 Å². The molecule has 0 saturated heterocycles. The second kappa shape index (κ2) is 8.20. The van der Waals surface area contributed by atoms with Crippen LogP contribution in [0.5, 0.6) is 5.75 Å². The van der Waals surface area contributed by atoms with Gasteiger partial charge in [-0.25, -0.2) is 0 Å². The molecule has 0 aliphatic carbocycles. The molecule has 1 rings (SSSR count). The first-order valence-electron chi connectivity index (χ1n) is 6.19. The maximum atomic E-state index is 11.5. The fraction of sp³-hybridized carbons (Fsp3) is 0.462. The van der Waals surface area contributed by atoms with Gasteiger partial charge in [-0.2, -0.15) is 0 Å². The molecular weight excluding hydrogens is 246 g/mol. The van der Waals surface area contributed by atoms with Crippen molar-refractivity contribution in [2.75, 3.05) is 44.5 Å². The summed E-state index contributed by atoms with van der Waals surface area (Å²) in [4.78, 5) is 11.5. The van der Waals surface area contributed by atoms with Crippen molar-refractivity contribution >= 4 is 17.3 Å². The molecule has 1 amide bonds. The molecule has 0 bridgehead atoms. The van der Waals surface area contributed by atoms with Gasteiger partial charge < -0.3 is 25.8 Å². The Morgan fingerprint density at radius 1 is 1.42 bits per heavy atom. The van der Waals surface area contributed by atoms with Gasteiger partial charge in [0.2, 0.25) is 5.91 Å². The minimum Gasteiger partial charge on any atom is -0.492 e. The maximum Gasteiger partial charge on any atom is 0.239 e. The highest BCUT2D eigenvalue weighted by atomic mass is 16.5. The van der Waals surface area contributed by atoms with E-state index in [1.807, 2.05) is 6.92 Å². The molecule has 0 unspecified atom stereocenters. The van der Waals surface area contributed by atoms with E-state index in [1.165, 1.54) is 0 Å². The topological polar surface area (TPSA) is 85.6 Å². The van der Waals surface area contributed by atoms with Gasteiger partial charge in [0.25, 0.3) is 0 Å². The Bertz CT molecular complexity index is 410. The summed E-state index contributed by atoms with van der Waals surface area (Å²) in [5, 5.41) is 5.73. The number of ether oxygens (including phenoxy) is 2. The summed E-state index contributed by atoms with van der Waals surface area (Å²) >= 11 is 0. The molecule has 0 heterocycles. The number of nitrogen functional groups attached to an aromatic ring is 1. The summed E-state index contributed by atoms with van der Waals surface area (Å²) in [6.45, 7) is 3.64. The Hall–Kier alpha value is -1.95. The van der Waals surface area contributed by atoms with Crippen LogP contribution in [-0.4, -0.2) is 39.3 Å². The molecular formula is C13H21N3O3. The zero-order valence-corrected chi connectivity index (χ0v) is 11.4. The van der Waals surface area contributed by atoms with Crippen molar-refractivity contribution < 1.29 is 14.3 Å². The van der Waals surface area contributed by atoms with Gasteiger partial charge >= 0.3 is 0 Å². The third-order valence-electron chi connectivity index (χ3n) is 2.39. The van der Waals surface area contributed by atoms with Crippen LogP contribution < -0.4 is 21.1 Å². The summed E-state index contributed by atoms with van der Waals surface area (Å²) in [5.74, 6) is 0.527. The van der Waals surface area contributed by atoms with Crippen molar-refractivity contribution in [2.24, 2.45) is 0 Å². The van der Waals surface area contributed by atoms with Gasteiger partial charge in [-0.05, 0) is 19.1 Å². The van der Waals surface area contributed by atoms with Crippen molar-refractivity contribution in [3.8, 4) is 5.75 Å². The minimum absolute atomic E-state index is 0.0909. The van der Waals surface area contributed by atoms with Gasteiger partial charge in [0.1, 0.15) is 5.75 Å². The van der Waals surface area contributed by atoms with Crippen molar-refractivity contribution in [3.05, 3.63) is 18.2 Å². The second-order valence-corrected chi connectivity index (χ2v) is 3.88. The summed E-state index contributed by atoms with van der Waals surface area (Å²) in [6.07, 6.45) is 0. The van der Waals surface area contributed by atoms with Gasteiger partial charge in [-0.15, -0.1) is 0 Å². The minimum atomic E-state index is -0.0909. The van der Waals surface area contributed by atoms with E-state index in [-0.39, 0.29) is 12.5 Å². The molecule has 1 aromatic rings. The molecule has 1 aromatic carbocycles. The first kappa shape index (κ1) is 15.1. The number of amides is 1. The van der Waals surface area contributed by atoms with E-state index in [0.717, 1.165) is 5.69 Å². The molecule has 0 saturated carbocycles. The lowest BCUT2D eigenvalue weighted by molar-refractivity contribution is -0.119. The molecule has 106 valence electrons. The van der Waals surface area contributed by atoms with Gasteiger partial charge in [0.15, 0.2) is 0 Å². The van der Waals surface area contributed by atoms with Crippen molar-refractivity contribution in [1.29, 1.82) is 0 Å². The highest BCUT2D eigenvalue weighted by Crippen LogP contribution is 2.25. The normalized spacial score (nSPS) is 10.0. The Balaban J connectivity index is 2.44. The van der Waals surface area contributed by atoms with Crippen LogP contribution in [0.4, 0.5) is 11.4 Å². The first-order chi connectivity index (χ1) is 9.17. The van der Waals surface area contributed by atoms with Crippen LogP contribution in [0.3, 0.4) is 0 Å². The zero-order chi connectivity index (χ0) is 14.1. The third-order valence-corrected chi connectivity index (χ3v) is 2.39. The number of carbonyl (C=O) groups is 1. The maximum absolute atomic E-state index is 11.5. The van der Waals surface area contributed by atoms with Crippen LogP contribution in [0, 0.1) is 0 Å². The lowest BCUT2D eigenvalue weighted by Crippen LogP contribution is -2.32. The fourth-order valence-electron chi connectivity index (χ4n) is 1.46. The summed E-state index contributed by atoms with van der Waals surface area (Å²) in [5.41, 5.74) is 7.14. The van der Waals surface area contributed by atoms with Crippen molar-refractivity contribution in [2.45, 2.75) is 6.92 Å². The number of methoxy groups -OCH3 is 1. The summed E-state index contributed by atoms with van der Waals surface area (Å²) < 4.78 is 10.2. The first-order valence-corrected chi connectivity index (χ1v) is 6.19. The Morgan fingerprint density at radius 3 is 2.89 bits per heavy atom. The average Bonchev–Trinajstić information content (AvgIpc) is 2.40. The molecule has 0 atom stereocenters. The Morgan fingerprint density at radius 2 is 2.21 bits per heavy atom. The average molecular weight is 267 g/mol. The fourth-order valence-corrected chi connectivity index (χ4v) is 1.46. The number of anilines is 2. The molecule has 0 aromatic heterocycles. The number of hydrogen-bond donors (Lipinski definition) is 3. The SMILES string of the molecule is CCOc1cc(NCC(=O)NCCOC)ccc1N. The number of nitrogens with one attached hydrogen (secondary N) is 2. The molecule has 0 aliphatic rings. The Kier molecular flexibility index (Phi) is 6.52. The van der Waals surface area contributed by atoms with E-state index in [2.05, 4.69) is 10.6 Å². The van der Waals surface area contributed by atoms with E-state index < -0.39 is 0 Å². The second-order valence-electron chi connectivity index (χ2n) is 3.88. The van der Waals surface area contributed by atoms with E-state index in [9.17, 15) is 4.79 Å². The molecule has 0 fully saturated rings. The number of hydrogen-bond acceptors (Lipinski definition) is 5. The predicted octanol–water partition coefficient (Wildman–Crippen LogP) is 0.842. The lowest BCUT2D eigenvalue weighted by atomic mass is 10.2. The van der Waals surface area contributed by atoms with E-state index in [0.29, 0.717) is 31.2 Å². The molecule has 0 radical (unpaired) electrons. The molecule has 0 aliphatic heterocycles. The Labute approximate surface area is 113 Å². The zero-order valence-electron chi connectivity index (χ0n) is 11.4. The summed E-state index contributed by atoms with van der Waals surface area (Å²) in [7, 11) is 1.59. The van der Waals surface area contributed by atoms with Crippen molar-refractivity contribution in [3.63, 3.8) is 0 Å². The molecule has 0 spiro atoms. The number of benzene rings is 1. The van der Waals surface area contributed by atoms with Gasteiger partial charge in [0.05, 0.1) is 25.4 Å². The lowest BCUT2D eigenvalue weighted by Gasteiger charge is -2.11. The number of rotatable bonds is 8. The van der Waals surface area contributed by atoms with E-state index >= 15 is 0 Å². The molecule has 6 heteroatoms. The van der Waals surface area contributed by atoms with Crippen LogP contribution in [0.2, 0.25) is 0 Å². The van der Waals surface area contributed by atoms with Crippen LogP contribution >= 0.6 is 0 Å². The van der Waals surface area contributed by atoms with Crippen LogP contribution in [0.1, 0.15) is 6.92 Å². The quantitative estimate of drug-likeness (QED) is 0.480. The van der Waals surface area contributed by atoms with Gasteiger partial charge in [0, 0.05) is 25.4 Å². The third kappa shape index (κ3) is 5.48. The van der Waals surface area contributed by atoms with E-state index in [1.54, 1.807) is 25.3 Å².